The lowest BCUT2D eigenvalue weighted by molar-refractivity contribution is -0.137. The van der Waals surface area contributed by atoms with Crippen molar-refractivity contribution in [1.29, 1.82) is 0 Å². The first-order chi connectivity index (χ1) is 8.89. The molecule has 1 aliphatic heterocycles. The first kappa shape index (κ1) is 14.4. The highest BCUT2D eigenvalue weighted by Crippen LogP contribution is 2.33. The van der Waals surface area contributed by atoms with Crippen LogP contribution in [0.2, 0.25) is 0 Å². The Morgan fingerprint density at radius 1 is 1.26 bits per heavy atom. The Labute approximate surface area is 113 Å². The molecule has 1 aromatic carbocycles. The molecular formula is C13H13F3O2S. The van der Waals surface area contributed by atoms with Gasteiger partial charge in [0.25, 0.3) is 0 Å². The molecule has 1 aliphatic rings. The molecule has 104 valence electrons. The number of alkyl halides is 3. The Bertz CT molecular complexity index is 456. The van der Waals surface area contributed by atoms with Crippen molar-refractivity contribution in [3.05, 3.63) is 35.4 Å². The molecule has 1 aromatic rings. The molecule has 1 saturated heterocycles. The van der Waals surface area contributed by atoms with Crippen molar-refractivity contribution in [2.75, 3.05) is 11.5 Å². The molecule has 0 aliphatic carbocycles. The zero-order valence-electron chi connectivity index (χ0n) is 9.98. The van der Waals surface area contributed by atoms with Crippen molar-refractivity contribution in [3.8, 4) is 0 Å². The van der Waals surface area contributed by atoms with Crippen molar-refractivity contribution in [2.24, 2.45) is 5.92 Å². The molecule has 0 unspecified atom stereocenters. The summed E-state index contributed by atoms with van der Waals surface area (Å²) in [6.45, 7) is 0. The van der Waals surface area contributed by atoms with Crippen LogP contribution in [0.4, 0.5) is 13.2 Å². The second-order valence-electron chi connectivity index (χ2n) is 4.46. The highest BCUT2D eigenvalue weighted by molar-refractivity contribution is 7.99. The van der Waals surface area contributed by atoms with Gasteiger partial charge in [-0.15, -0.1) is 0 Å². The lowest BCUT2D eigenvalue weighted by Gasteiger charge is -2.25. The van der Waals surface area contributed by atoms with Gasteiger partial charge in [-0.3, -0.25) is 4.79 Å². The van der Waals surface area contributed by atoms with E-state index in [2.05, 4.69) is 0 Å². The van der Waals surface area contributed by atoms with Gasteiger partial charge in [0.2, 0.25) is 0 Å². The molecule has 0 aromatic heterocycles. The highest BCUT2D eigenvalue weighted by Gasteiger charge is 2.32. The monoisotopic (exact) mass is 290 g/mol. The third kappa shape index (κ3) is 3.30. The summed E-state index contributed by atoms with van der Waals surface area (Å²) < 4.78 is 37.3. The van der Waals surface area contributed by atoms with Gasteiger partial charge in [-0.25, -0.2) is 0 Å². The molecule has 2 atom stereocenters. The zero-order valence-corrected chi connectivity index (χ0v) is 10.8. The summed E-state index contributed by atoms with van der Waals surface area (Å²) in [5, 5.41) is 10.1. The van der Waals surface area contributed by atoms with Crippen LogP contribution in [0, 0.1) is 5.92 Å². The molecular weight excluding hydrogens is 277 g/mol. The van der Waals surface area contributed by atoms with Gasteiger partial charge in [0.15, 0.2) is 0 Å². The average molecular weight is 290 g/mol. The van der Waals surface area contributed by atoms with E-state index in [1.807, 2.05) is 0 Å². The Kier molecular flexibility index (Phi) is 4.20. The largest absolute Gasteiger partial charge is 0.416 e. The third-order valence-corrected chi connectivity index (χ3v) is 4.25. The van der Waals surface area contributed by atoms with Gasteiger partial charge in [0, 0.05) is 17.9 Å². The number of carbonyl (C=O) groups excluding carboxylic acids is 1. The van der Waals surface area contributed by atoms with Crippen molar-refractivity contribution in [2.45, 2.75) is 18.7 Å². The number of halogens is 3. The summed E-state index contributed by atoms with van der Waals surface area (Å²) in [6, 6.07) is 4.33. The number of rotatable bonds is 2. The fourth-order valence-corrected chi connectivity index (χ4v) is 3.16. The summed E-state index contributed by atoms with van der Waals surface area (Å²) in [4.78, 5) is 11.7. The topological polar surface area (TPSA) is 37.3 Å². The van der Waals surface area contributed by atoms with Crippen molar-refractivity contribution < 1.29 is 23.1 Å². The number of Topliss-reactive ketones (excluding diaryl/α,β-unsaturated/α-hetero) is 1. The van der Waals surface area contributed by atoms with E-state index >= 15 is 0 Å². The summed E-state index contributed by atoms with van der Waals surface area (Å²) in [5.74, 6) is 0.720. The van der Waals surface area contributed by atoms with E-state index in [9.17, 15) is 23.1 Å². The fourth-order valence-electron chi connectivity index (χ4n) is 2.03. The van der Waals surface area contributed by atoms with Gasteiger partial charge < -0.3 is 5.11 Å². The third-order valence-electron chi connectivity index (χ3n) is 3.16. The van der Waals surface area contributed by atoms with Gasteiger partial charge in [-0.2, -0.15) is 24.9 Å². The maximum absolute atomic E-state index is 12.4. The molecule has 2 nitrogen and oxygen atoms in total. The van der Waals surface area contributed by atoms with E-state index in [1.165, 1.54) is 12.1 Å². The van der Waals surface area contributed by atoms with Crippen LogP contribution in [-0.4, -0.2) is 22.4 Å². The van der Waals surface area contributed by atoms with Crippen LogP contribution < -0.4 is 0 Å². The Morgan fingerprint density at radius 2 is 1.89 bits per heavy atom. The summed E-state index contributed by atoms with van der Waals surface area (Å²) in [6.07, 6.45) is -5.00. The molecule has 1 heterocycles. The maximum Gasteiger partial charge on any atom is 0.416 e. The van der Waals surface area contributed by atoms with Gasteiger partial charge >= 0.3 is 6.18 Å². The lowest BCUT2D eigenvalue weighted by Crippen LogP contribution is -2.28. The van der Waals surface area contributed by atoms with E-state index in [1.54, 1.807) is 11.8 Å². The van der Waals surface area contributed by atoms with Crippen LogP contribution in [0.15, 0.2) is 24.3 Å². The summed E-state index contributed by atoms with van der Waals surface area (Å²) in [7, 11) is 0. The molecule has 2 rings (SSSR count). The molecule has 1 fully saturated rings. The average Bonchev–Trinajstić information content (AvgIpc) is 2.38. The molecule has 0 radical (unpaired) electrons. The number of aliphatic hydroxyl groups is 1. The number of thioether (sulfide) groups is 1. The Morgan fingerprint density at radius 3 is 2.42 bits per heavy atom. The number of carbonyl (C=O) groups is 1. The van der Waals surface area contributed by atoms with Crippen molar-refractivity contribution in [3.63, 3.8) is 0 Å². The number of hydrogen-bond acceptors (Lipinski definition) is 3. The van der Waals surface area contributed by atoms with E-state index in [4.69, 9.17) is 0 Å². The second kappa shape index (κ2) is 5.54. The van der Waals surface area contributed by atoms with Crippen LogP contribution in [-0.2, 0) is 11.0 Å². The van der Waals surface area contributed by atoms with Crippen LogP contribution in [0.1, 0.15) is 23.7 Å². The van der Waals surface area contributed by atoms with E-state index in [0.29, 0.717) is 17.7 Å². The van der Waals surface area contributed by atoms with Gasteiger partial charge in [0.05, 0.1) is 17.6 Å². The standard InChI is InChI=1S/C13H13F3O2S/c14-13(15,16)9-3-1-8(2-4-9)12(18)10-7-19-6-5-11(10)17/h1-4,10,12,18H,5-7H2/t10-,12+/m1/s1. The number of ketones is 1. The number of benzene rings is 1. The SMILES string of the molecule is O=C1CCSC[C@H]1[C@@H](O)c1ccc(C(F)(F)F)cc1. The molecule has 6 heteroatoms. The number of hydrogen-bond donors (Lipinski definition) is 1. The molecule has 1 N–H and O–H groups in total. The first-order valence-corrected chi connectivity index (χ1v) is 7.01. The van der Waals surface area contributed by atoms with Gasteiger partial charge in [-0.1, -0.05) is 12.1 Å². The predicted molar refractivity (Wildman–Crippen MR) is 66.8 cm³/mol. The normalized spacial score (nSPS) is 22.3. The van der Waals surface area contributed by atoms with Crippen molar-refractivity contribution in [1.82, 2.24) is 0 Å². The Hall–Kier alpha value is -1.01. The predicted octanol–water partition coefficient (Wildman–Crippen LogP) is 3.06. The Balaban J connectivity index is 2.15. The quantitative estimate of drug-likeness (QED) is 0.909. The van der Waals surface area contributed by atoms with Gasteiger partial charge in [0.1, 0.15) is 5.78 Å². The minimum Gasteiger partial charge on any atom is -0.388 e. The molecule has 0 spiro atoms. The molecule has 0 saturated carbocycles. The van der Waals surface area contributed by atoms with Crippen LogP contribution in [0.25, 0.3) is 0 Å². The number of aliphatic hydroxyl groups excluding tert-OH is 1. The molecule has 0 bridgehead atoms. The fraction of sp³-hybridized carbons (Fsp3) is 0.462. The summed E-state index contributed by atoms with van der Waals surface area (Å²) in [5.41, 5.74) is -0.401. The smallest absolute Gasteiger partial charge is 0.388 e. The van der Waals surface area contributed by atoms with Crippen LogP contribution in [0.5, 0.6) is 0 Å². The molecule has 19 heavy (non-hydrogen) atoms. The van der Waals surface area contributed by atoms with E-state index in [-0.39, 0.29) is 5.78 Å². The minimum absolute atomic E-state index is 0.0221. The maximum atomic E-state index is 12.4. The van der Waals surface area contributed by atoms with E-state index in [0.717, 1.165) is 17.9 Å². The van der Waals surface area contributed by atoms with Crippen LogP contribution >= 0.6 is 11.8 Å². The van der Waals surface area contributed by atoms with Crippen LogP contribution in [0.3, 0.4) is 0 Å². The lowest BCUT2D eigenvalue weighted by atomic mass is 9.91. The van der Waals surface area contributed by atoms with E-state index < -0.39 is 23.8 Å². The van der Waals surface area contributed by atoms with Gasteiger partial charge in [-0.05, 0) is 17.7 Å². The highest BCUT2D eigenvalue weighted by atomic mass is 32.2. The molecule has 0 amide bonds. The first-order valence-electron chi connectivity index (χ1n) is 5.85. The second-order valence-corrected chi connectivity index (χ2v) is 5.61. The zero-order chi connectivity index (χ0) is 14.0. The van der Waals surface area contributed by atoms with Crippen molar-refractivity contribution >= 4 is 17.5 Å². The minimum atomic E-state index is -4.39. The summed E-state index contributed by atoms with van der Waals surface area (Å²) >= 11 is 1.58.